The number of nitrogens with one attached hydrogen (secondary N) is 1. The molecular weight excluding hydrogens is 442 g/mol. The van der Waals surface area contributed by atoms with Gasteiger partial charge in [0.15, 0.2) is 10.8 Å². The molecule has 0 atom stereocenters. The van der Waals surface area contributed by atoms with E-state index in [4.69, 9.17) is 4.74 Å². The first-order valence-electron chi connectivity index (χ1n) is 9.92. The van der Waals surface area contributed by atoms with Gasteiger partial charge >= 0.3 is 5.97 Å². The largest absolute Gasteiger partial charge is 0.465 e. The number of aromatic amines is 1. The van der Waals surface area contributed by atoms with Crippen molar-refractivity contribution in [1.29, 1.82) is 0 Å². The second-order valence-electron chi connectivity index (χ2n) is 7.08. The van der Waals surface area contributed by atoms with Gasteiger partial charge in [0.1, 0.15) is 0 Å². The van der Waals surface area contributed by atoms with Crippen LogP contribution in [0.2, 0.25) is 0 Å². The third kappa shape index (κ3) is 5.20. The molecule has 2 aromatic heterocycles. The normalized spacial score (nSPS) is 10.9. The first-order chi connectivity index (χ1) is 15.5. The highest BCUT2D eigenvalue weighted by atomic mass is 32.2. The highest BCUT2D eigenvalue weighted by molar-refractivity contribution is 7.98. The lowest BCUT2D eigenvalue weighted by atomic mass is 10.1. The van der Waals surface area contributed by atoms with Crippen molar-refractivity contribution in [3.63, 3.8) is 0 Å². The molecule has 0 fully saturated rings. The number of pyridine rings is 1. The van der Waals surface area contributed by atoms with Crippen molar-refractivity contribution in [2.24, 2.45) is 0 Å². The van der Waals surface area contributed by atoms with Crippen LogP contribution in [0, 0.1) is 6.92 Å². The smallest absolute Gasteiger partial charge is 0.338 e. The summed E-state index contributed by atoms with van der Waals surface area (Å²) in [6, 6.07) is 20.2. The molecule has 2 heterocycles. The molecule has 2 aromatic carbocycles. The second-order valence-corrected chi connectivity index (χ2v) is 9.10. The number of benzene rings is 2. The Bertz CT molecular complexity index is 1320. The van der Waals surface area contributed by atoms with Crippen LogP contribution in [-0.4, -0.2) is 28.0 Å². The number of methoxy groups -OCH3 is 1. The van der Waals surface area contributed by atoms with E-state index < -0.39 is 11.5 Å². The minimum Gasteiger partial charge on any atom is -0.465 e. The lowest BCUT2D eigenvalue weighted by molar-refractivity contribution is 0.0602. The first-order valence-corrected chi connectivity index (χ1v) is 11.9. The number of carbonyl (C=O) groups is 1. The molecule has 0 saturated heterocycles. The van der Waals surface area contributed by atoms with Crippen LogP contribution in [0.25, 0.3) is 11.0 Å². The third-order valence-electron chi connectivity index (χ3n) is 4.71. The Labute approximate surface area is 193 Å². The van der Waals surface area contributed by atoms with Gasteiger partial charge in [0.05, 0.1) is 18.1 Å². The summed E-state index contributed by atoms with van der Waals surface area (Å²) in [7, 11) is 1.28. The molecule has 0 saturated carbocycles. The molecule has 0 spiro atoms. The highest BCUT2D eigenvalue weighted by Gasteiger charge is 2.17. The first kappa shape index (κ1) is 22.1. The molecule has 0 bridgehead atoms. The molecule has 0 aliphatic rings. The van der Waals surface area contributed by atoms with Crippen molar-refractivity contribution in [2.45, 2.75) is 28.5 Å². The van der Waals surface area contributed by atoms with Gasteiger partial charge in [-0.1, -0.05) is 54.2 Å². The van der Waals surface area contributed by atoms with Gasteiger partial charge in [-0.05, 0) is 36.2 Å². The summed E-state index contributed by atoms with van der Waals surface area (Å²) in [6.07, 6.45) is 0. The van der Waals surface area contributed by atoms with E-state index in [0.29, 0.717) is 16.6 Å². The molecule has 0 amide bonds. The number of aryl methyl sites for hydroxylation is 1. The maximum Gasteiger partial charge on any atom is 0.338 e. The van der Waals surface area contributed by atoms with Crippen molar-refractivity contribution in [1.82, 2.24) is 15.0 Å². The fourth-order valence-electron chi connectivity index (χ4n) is 3.20. The molecule has 0 aliphatic heterocycles. The fourth-order valence-corrected chi connectivity index (χ4v) is 4.94. The van der Waals surface area contributed by atoms with Gasteiger partial charge in [0.2, 0.25) is 0 Å². The molecule has 162 valence electrons. The van der Waals surface area contributed by atoms with Crippen LogP contribution in [0.5, 0.6) is 0 Å². The molecule has 8 heteroatoms. The third-order valence-corrected chi connectivity index (χ3v) is 6.72. The summed E-state index contributed by atoms with van der Waals surface area (Å²) in [4.78, 5) is 37.5. The Morgan fingerprint density at radius 3 is 2.50 bits per heavy atom. The van der Waals surface area contributed by atoms with E-state index in [-0.39, 0.29) is 16.6 Å². The topological polar surface area (TPSA) is 84.9 Å². The van der Waals surface area contributed by atoms with Crippen molar-refractivity contribution in [3.05, 3.63) is 93.4 Å². The number of hydrogen-bond donors (Lipinski definition) is 1. The van der Waals surface area contributed by atoms with Crippen LogP contribution in [0.15, 0.2) is 75.5 Å². The molecular formula is C24H21N3O3S2. The number of rotatable bonds is 7. The molecule has 4 rings (SSSR count). The van der Waals surface area contributed by atoms with E-state index in [1.165, 1.54) is 35.4 Å². The molecule has 0 radical (unpaired) electrons. The lowest BCUT2D eigenvalue weighted by Crippen LogP contribution is -2.16. The SMILES string of the molecule is COC(=O)c1cc(C)nc2nc(SCc3cccc(SCc4ccccc4)c3)[nH]c(=O)c12. The fraction of sp³-hybridized carbons (Fsp3) is 0.167. The minimum absolute atomic E-state index is 0.145. The number of fused-ring (bicyclic) bond motifs is 1. The predicted octanol–water partition coefficient (Wildman–Crippen LogP) is 5.00. The van der Waals surface area contributed by atoms with Crippen LogP contribution in [-0.2, 0) is 16.2 Å². The van der Waals surface area contributed by atoms with Gasteiger partial charge in [-0.25, -0.2) is 14.8 Å². The highest BCUT2D eigenvalue weighted by Crippen LogP contribution is 2.26. The minimum atomic E-state index is -0.585. The van der Waals surface area contributed by atoms with Crippen molar-refractivity contribution < 1.29 is 9.53 Å². The van der Waals surface area contributed by atoms with E-state index >= 15 is 0 Å². The van der Waals surface area contributed by atoms with Gasteiger partial charge in [0, 0.05) is 22.1 Å². The Morgan fingerprint density at radius 1 is 0.969 bits per heavy atom. The average molecular weight is 464 g/mol. The van der Waals surface area contributed by atoms with Crippen LogP contribution >= 0.6 is 23.5 Å². The van der Waals surface area contributed by atoms with Crippen LogP contribution in [0.3, 0.4) is 0 Å². The van der Waals surface area contributed by atoms with Gasteiger partial charge in [-0.15, -0.1) is 11.8 Å². The Hall–Kier alpha value is -3.10. The van der Waals surface area contributed by atoms with Gasteiger partial charge in [-0.3, -0.25) is 4.79 Å². The van der Waals surface area contributed by atoms with Gasteiger partial charge < -0.3 is 9.72 Å². The lowest BCUT2D eigenvalue weighted by Gasteiger charge is -2.08. The van der Waals surface area contributed by atoms with Gasteiger partial charge in [0.25, 0.3) is 5.56 Å². The van der Waals surface area contributed by atoms with E-state index in [2.05, 4.69) is 45.3 Å². The summed E-state index contributed by atoms with van der Waals surface area (Å²) in [5.74, 6) is 0.965. The molecule has 32 heavy (non-hydrogen) atoms. The summed E-state index contributed by atoms with van der Waals surface area (Å²) in [5.41, 5.74) is 3.01. The molecule has 0 unspecified atom stereocenters. The van der Waals surface area contributed by atoms with E-state index in [1.54, 1.807) is 18.7 Å². The molecule has 1 N–H and O–H groups in total. The van der Waals surface area contributed by atoms with Crippen LogP contribution in [0.4, 0.5) is 0 Å². The number of esters is 1. The summed E-state index contributed by atoms with van der Waals surface area (Å²) >= 11 is 3.20. The number of nitrogens with zero attached hydrogens (tertiary/aromatic N) is 2. The number of hydrogen-bond acceptors (Lipinski definition) is 7. The maximum absolute atomic E-state index is 12.7. The zero-order valence-electron chi connectivity index (χ0n) is 17.6. The maximum atomic E-state index is 12.7. The number of H-pyrrole nitrogens is 1. The van der Waals surface area contributed by atoms with Crippen molar-refractivity contribution >= 4 is 40.5 Å². The Balaban J connectivity index is 1.51. The molecule has 4 aromatic rings. The summed E-state index contributed by atoms with van der Waals surface area (Å²) in [6.45, 7) is 1.75. The predicted molar refractivity (Wildman–Crippen MR) is 128 cm³/mol. The van der Waals surface area contributed by atoms with Crippen molar-refractivity contribution in [3.8, 4) is 0 Å². The number of ether oxygens (including phenoxy) is 1. The Kier molecular flexibility index (Phi) is 6.92. The standard InChI is InChI=1S/C24H21N3O3S2/c1-15-11-19(23(29)30-2)20-21(25-15)26-24(27-22(20)28)32-14-17-9-6-10-18(12-17)31-13-16-7-4-3-5-8-16/h3-12H,13-14H2,1-2H3,(H,25,26,27,28). The summed E-state index contributed by atoms with van der Waals surface area (Å²) in [5, 5.41) is 0.602. The Morgan fingerprint density at radius 2 is 1.72 bits per heavy atom. The quantitative estimate of drug-likeness (QED) is 0.235. The number of carbonyl (C=O) groups excluding carboxylic acids is 1. The van der Waals surface area contributed by atoms with E-state index in [0.717, 1.165) is 11.3 Å². The zero-order valence-corrected chi connectivity index (χ0v) is 19.3. The monoisotopic (exact) mass is 463 g/mol. The van der Waals surface area contributed by atoms with Crippen molar-refractivity contribution in [2.75, 3.05) is 7.11 Å². The summed E-state index contributed by atoms with van der Waals surface area (Å²) < 4.78 is 4.79. The number of aromatic nitrogens is 3. The average Bonchev–Trinajstić information content (AvgIpc) is 2.81. The van der Waals surface area contributed by atoms with Gasteiger partial charge in [-0.2, -0.15) is 0 Å². The second kappa shape index (κ2) is 10.0. The molecule has 6 nitrogen and oxygen atoms in total. The van der Waals surface area contributed by atoms with E-state index in [9.17, 15) is 9.59 Å². The van der Waals surface area contributed by atoms with E-state index in [1.807, 2.05) is 24.3 Å². The van der Waals surface area contributed by atoms with Crippen LogP contribution in [0.1, 0.15) is 27.2 Å². The number of thioether (sulfide) groups is 2. The zero-order chi connectivity index (χ0) is 22.5. The van der Waals surface area contributed by atoms with Crippen LogP contribution < -0.4 is 5.56 Å². The molecule has 0 aliphatic carbocycles.